The lowest BCUT2D eigenvalue weighted by Crippen LogP contribution is -2.03. The maximum Gasteiger partial charge on any atom is 0.203 e. The maximum absolute atomic E-state index is 12.2. The number of hydrogen-bond donors (Lipinski definition) is 0. The molecule has 0 aliphatic carbocycles. The van der Waals surface area contributed by atoms with Crippen LogP contribution in [0.1, 0.15) is 27.7 Å². The number of halogens is 2. The molecule has 2 aromatic heterocycles. The first-order chi connectivity index (χ1) is 12.4. The maximum atomic E-state index is 12.2. The molecule has 26 heavy (non-hydrogen) atoms. The van der Waals surface area contributed by atoms with Crippen LogP contribution in [-0.2, 0) is 13.7 Å². The zero-order valence-corrected chi connectivity index (χ0v) is 15.7. The summed E-state index contributed by atoms with van der Waals surface area (Å²) in [6.45, 7) is 2.04. The van der Waals surface area contributed by atoms with E-state index in [1.807, 2.05) is 6.92 Å². The van der Waals surface area contributed by atoms with Gasteiger partial charge in [0.1, 0.15) is 34.6 Å². The molecule has 0 saturated heterocycles. The molecular weight excluding hydrogens is 375 g/mol. The fourth-order valence-electron chi connectivity index (χ4n) is 2.39. The summed E-state index contributed by atoms with van der Waals surface area (Å²) < 4.78 is 12.8. The Kier molecular flexibility index (Phi) is 5.49. The van der Waals surface area contributed by atoms with Crippen molar-refractivity contribution in [1.29, 1.82) is 0 Å². The van der Waals surface area contributed by atoms with E-state index >= 15 is 0 Å². The third-order valence-corrected chi connectivity index (χ3v) is 4.42. The number of rotatable bonds is 6. The molecule has 0 amide bonds. The highest BCUT2D eigenvalue weighted by Gasteiger charge is 2.10. The minimum absolute atomic E-state index is 0.145. The molecule has 0 saturated carbocycles. The zero-order chi connectivity index (χ0) is 18.7. The van der Waals surface area contributed by atoms with Gasteiger partial charge in [-0.05, 0) is 49.4 Å². The third kappa shape index (κ3) is 4.18. The monoisotopic (exact) mass is 390 g/mol. The highest BCUT2D eigenvalue weighted by molar-refractivity contribution is 6.42. The molecule has 0 fully saturated rings. The highest BCUT2D eigenvalue weighted by Crippen LogP contribution is 2.32. The second-order valence-electron chi connectivity index (χ2n) is 5.64. The summed E-state index contributed by atoms with van der Waals surface area (Å²) in [6.07, 6.45) is 3.06. The van der Waals surface area contributed by atoms with Gasteiger partial charge >= 0.3 is 0 Å². The number of furan rings is 1. The van der Waals surface area contributed by atoms with Crippen molar-refractivity contribution in [3.8, 4) is 5.75 Å². The standard InChI is InChI=1S/C19H16Cl2N2O3/c1-12-10-16(23(2)22-12)17(24)9-8-13-6-7-14(26-13)11-25-18-5-3-4-15(20)19(18)21/h3-10H,11H2,1-2H3. The van der Waals surface area contributed by atoms with Crippen LogP contribution in [0.4, 0.5) is 0 Å². The van der Waals surface area contributed by atoms with Gasteiger partial charge < -0.3 is 9.15 Å². The van der Waals surface area contributed by atoms with Crippen LogP contribution in [0.5, 0.6) is 5.75 Å². The molecule has 3 rings (SSSR count). The minimum Gasteiger partial charge on any atom is -0.484 e. The number of aromatic nitrogens is 2. The van der Waals surface area contributed by atoms with E-state index in [2.05, 4.69) is 5.10 Å². The summed E-state index contributed by atoms with van der Waals surface area (Å²) in [7, 11) is 1.73. The topological polar surface area (TPSA) is 57.3 Å². The number of hydrogen-bond acceptors (Lipinski definition) is 4. The summed E-state index contributed by atoms with van der Waals surface area (Å²) in [6, 6.07) is 10.4. The number of nitrogens with zero attached hydrogens (tertiary/aromatic N) is 2. The fraction of sp³-hybridized carbons (Fsp3) is 0.158. The summed E-state index contributed by atoms with van der Waals surface area (Å²) >= 11 is 12.0. The van der Waals surface area contributed by atoms with Gasteiger partial charge in [-0.1, -0.05) is 29.3 Å². The largest absolute Gasteiger partial charge is 0.484 e. The van der Waals surface area contributed by atoms with Gasteiger partial charge in [0.05, 0.1) is 10.7 Å². The molecule has 1 aromatic carbocycles. The first-order valence-corrected chi connectivity index (χ1v) is 8.58. The van der Waals surface area contributed by atoms with Crippen LogP contribution in [0.15, 0.2) is 46.9 Å². The van der Waals surface area contributed by atoms with E-state index in [4.69, 9.17) is 32.4 Å². The van der Waals surface area contributed by atoms with Crippen molar-refractivity contribution in [2.24, 2.45) is 7.05 Å². The second kappa shape index (κ2) is 7.81. The predicted molar refractivity (Wildman–Crippen MR) is 101 cm³/mol. The number of carbonyl (C=O) groups excluding carboxylic acids is 1. The normalized spacial score (nSPS) is 11.2. The van der Waals surface area contributed by atoms with Gasteiger partial charge in [-0.15, -0.1) is 0 Å². The van der Waals surface area contributed by atoms with Gasteiger partial charge in [0, 0.05) is 7.05 Å². The molecule has 7 heteroatoms. The van der Waals surface area contributed by atoms with E-state index in [1.165, 1.54) is 6.08 Å². The van der Waals surface area contributed by atoms with Gasteiger partial charge in [-0.3, -0.25) is 9.48 Å². The molecule has 5 nitrogen and oxygen atoms in total. The third-order valence-electron chi connectivity index (χ3n) is 3.62. The Hall–Kier alpha value is -2.50. The Morgan fingerprint density at radius 3 is 2.85 bits per heavy atom. The van der Waals surface area contributed by atoms with Crippen LogP contribution < -0.4 is 4.74 Å². The van der Waals surface area contributed by atoms with Crippen LogP contribution in [0.25, 0.3) is 6.08 Å². The summed E-state index contributed by atoms with van der Waals surface area (Å²) in [5.41, 5.74) is 1.31. The SMILES string of the molecule is Cc1cc(C(=O)C=Cc2ccc(COc3cccc(Cl)c3Cl)o2)n(C)n1. The van der Waals surface area contributed by atoms with Crippen LogP contribution >= 0.6 is 23.2 Å². The van der Waals surface area contributed by atoms with Crippen molar-refractivity contribution in [3.63, 3.8) is 0 Å². The summed E-state index contributed by atoms with van der Waals surface area (Å²) in [5, 5.41) is 4.95. The Balaban J connectivity index is 1.63. The molecule has 0 aliphatic rings. The lowest BCUT2D eigenvalue weighted by Gasteiger charge is -2.06. The number of benzene rings is 1. The van der Waals surface area contributed by atoms with E-state index in [0.29, 0.717) is 33.0 Å². The van der Waals surface area contributed by atoms with Gasteiger partial charge in [-0.2, -0.15) is 5.10 Å². The van der Waals surface area contributed by atoms with E-state index < -0.39 is 0 Å². The lowest BCUT2D eigenvalue weighted by atomic mass is 10.2. The van der Waals surface area contributed by atoms with Gasteiger partial charge in [0.2, 0.25) is 5.78 Å². The molecule has 0 atom stereocenters. The first kappa shape index (κ1) is 18.3. The Labute approximate surface area is 160 Å². The fourth-order valence-corrected chi connectivity index (χ4v) is 2.74. The van der Waals surface area contributed by atoms with Crippen molar-refractivity contribution < 1.29 is 13.9 Å². The van der Waals surface area contributed by atoms with E-state index in [1.54, 1.807) is 54.2 Å². The number of allylic oxidation sites excluding steroid dienone is 1. The van der Waals surface area contributed by atoms with Gasteiger partial charge in [0.25, 0.3) is 0 Å². The smallest absolute Gasteiger partial charge is 0.203 e. The van der Waals surface area contributed by atoms with Crippen LogP contribution in [0.2, 0.25) is 10.0 Å². The van der Waals surface area contributed by atoms with Crippen LogP contribution in [0, 0.1) is 6.92 Å². The Morgan fingerprint density at radius 1 is 1.31 bits per heavy atom. The van der Waals surface area contributed by atoms with E-state index in [0.717, 1.165) is 5.69 Å². The minimum atomic E-state index is -0.145. The second-order valence-corrected chi connectivity index (χ2v) is 6.42. The Bertz CT molecular complexity index is 973. The average Bonchev–Trinajstić information content (AvgIpc) is 3.20. The molecule has 0 unspecified atom stereocenters. The summed E-state index contributed by atoms with van der Waals surface area (Å²) in [4.78, 5) is 12.2. The molecular formula is C19H16Cl2N2O3. The predicted octanol–water partition coefficient (Wildman–Crippen LogP) is 5.10. The molecule has 0 aliphatic heterocycles. The summed E-state index contributed by atoms with van der Waals surface area (Å²) in [5.74, 6) is 1.49. The van der Waals surface area contributed by atoms with Crippen molar-refractivity contribution in [2.45, 2.75) is 13.5 Å². The van der Waals surface area contributed by atoms with E-state index in [9.17, 15) is 4.79 Å². The van der Waals surface area contributed by atoms with Gasteiger partial charge in [0.15, 0.2) is 0 Å². The van der Waals surface area contributed by atoms with Crippen molar-refractivity contribution in [2.75, 3.05) is 0 Å². The van der Waals surface area contributed by atoms with E-state index in [-0.39, 0.29) is 12.4 Å². The molecule has 2 heterocycles. The van der Waals surface area contributed by atoms with Gasteiger partial charge in [-0.25, -0.2) is 0 Å². The molecule has 3 aromatic rings. The molecule has 0 radical (unpaired) electrons. The Morgan fingerprint density at radius 2 is 2.12 bits per heavy atom. The number of ketones is 1. The number of aryl methyl sites for hydroxylation is 2. The van der Waals surface area contributed by atoms with Crippen molar-refractivity contribution in [1.82, 2.24) is 9.78 Å². The highest BCUT2D eigenvalue weighted by atomic mass is 35.5. The zero-order valence-electron chi connectivity index (χ0n) is 14.2. The lowest BCUT2D eigenvalue weighted by molar-refractivity contribution is 0.103. The quantitative estimate of drug-likeness (QED) is 0.433. The molecule has 0 N–H and O–H groups in total. The number of carbonyl (C=O) groups is 1. The number of ether oxygens (including phenoxy) is 1. The van der Waals surface area contributed by atoms with Crippen molar-refractivity contribution in [3.05, 3.63) is 75.4 Å². The average molecular weight is 391 g/mol. The van der Waals surface area contributed by atoms with Crippen molar-refractivity contribution >= 4 is 35.1 Å². The van der Waals surface area contributed by atoms with Crippen LogP contribution in [-0.4, -0.2) is 15.6 Å². The van der Waals surface area contributed by atoms with Crippen LogP contribution in [0.3, 0.4) is 0 Å². The first-order valence-electron chi connectivity index (χ1n) is 7.82. The molecule has 134 valence electrons. The molecule has 0 bridgehead atoms. The molecule has 0 spiro atoms.